The molecule has 84 valence electrons. The van der Waals surface area contributed by atoms with Crippen LogP contribution < -0.4 is 0 Å². The molecule has 1 aromatic heterocycles. The molecule has 2 N–H and O–H groups in total. The number of nitrogens with zero attached hydrogens (tertiary/aromatic N) is 1. The molecule has 0 atom stereocenters. The summed E-state index contributed by atoms with van der Waals surface area (Å²) in [4.78, 5) is 4.28. The zero-order valence-corrected chi connectivity index (χ0v) is 8.97. The molecule has 0 saturated heterocycles. The summed E-state index contributed by atoms with van der Waals surface area (Å²) in [6.07, 6.45) is 0. The molecule has 0 aliphatic carbocycles. The Hall–Kier alpha value is -1.65. The maximum absolute atomic E-state index is 9.69. The summed E-state index contributed by atoms with van der Waals surface area (Å²) >= 11 is 0. The average Bonchev–Trinajstić information content (AvgIpc) is 2.29. The number of hydrogen-bond acceptors (Lipinski definition) is 4. The fourth-order valence-electron chi connectivity index (χ4n) is 1.64. The highest BCUT2D eigenvalue weighted by Gasteiger charge is 2.06. The summed E-state index contributed by atoms with van der Waals surface area (Å²) in [6, 6.07) is 7.13. The number of aromatic hydroxyl groups is 1. The SMILES string of the molecule is Cc1ccc2c(COCO)ccc(O)c2n1. The molecule has 2 aromatic rings. The number of aliphatic hydroxyl groups excluding tert-OH is 1. The Morgan fingerprint density at radius 3 is 2.81 bits per heavy atom. The molecule has 4 nitrogen and oxygen atoms in total. The molecule has 0 aliphatic rings. The van der Waals surface area contributed by atoms with Crippen molar-refractivity contribution in [3.8, 4) is 5.75 Å². The van der Waals surface area contributed by atoms with Crippen molar-refractivity contribution >= 4 is 10.9 Å². The summed E-state index contributed by atoms with van der Waals surface area (Å²) in [7, 11) is 0. The molecule has 16 heavy (non-hydrogen) atoms. The third-order valence-corrected chi connectivity index (χ3v) is 2.41. The lowest BCUT2D eigenvalue weighted by atomic mass is 10.1. The van der Waals surface area contributed by atoms with Gasteiger partial charge in [-0.25, -0.2) is 4.98 Å². The van der Waals surface area contributed by atoms with E-state index in [1.807, 2.05) is 19.1 Å². The van der Waals surface area contributed by atoms with Gasteiger partial charge in [0.05, 0.1) is 6.61 Å². The second-order valence-electron chi connectivity index (χ2n) is 3.57. The number of phenols is 1. The van der Waals surface area contributed by atoms with Crippen LogP contribution in [0.4, 0.5) is 0 Å². The number of hydrogen-bond donors (Lipinski definition) is 2. The summed E-state index contributed by atoms with van der Waals surface area (Å²) in [5.74, 6) is 0.159. The van der Waals surface area contributed by atoms with Gasteiger partial charge in [-0.1, -0.05) is 12.1 Å². The van der Waals surface area contributed by atoms with E-state index in [2.05, 4.69) is 4.98 Å². The van der Waals surface area contributed by atoms with Crippen molar-refractivity contribution in [1.29, 1.82) is 0 Å². The van der Waals surface area contributed by atoms with Crippen molar-refractivity contribution in [3.05, 3.63) is 35.5 Å². The van der Waals surface area contributed by atoms with Gasteiger partial charge in [0, 0.05) is 11.1 Å². The standard InChI is InChI=1S/C12H13NO3/c1-8-2-4-10-9(6-16-7-14)3-5-11(15)12(10)13-8/h2-5,14-15H,6-7H2,1H3. The molecule has 0 saturated carbocycles. The van der Waals surface area contributed by atoms with Crippen molar-refractivity contribution in [1.82, 2.24) is 4.98 Å². The maximum Gasteiger partial charge on any atom is 0.144 e. The lowest BCUT2D eigenvalue weighted by Crippen LogP contribution is -1.96. The third-order valence-electron chi connectivity index (χ3n) is 2.41. The molecule has 4 heteroatoms. The van der Waals surface area contributed by atoms with Crippen LogP contribution in [0.3, 0.4) is 0 Å². The van der Waals surface area contributed by atoms with E-state index in [0.717, 1.165) is 16.6 Å². The van der Waals surface area contributed by atoms with Crippen LogP contribution in [0.5, 0.6) is 5.75 Å². The number of rotatable bonds is 3. The third kappa shape index (κ3) is 1.98. The highest BCUT2D eigenvalue weighted by molar-refractivity contribution is 5.87. The molecular formula is C12H13NO3. The molecule has 0 unspecified atom stereocenters. The Balaban J connectivity index is 2.55. The lowest BCUT2D eigenvalue weighted by Gasteiger charge is -2.07. The molecular weight excluding hydrogens is 206 g/mol. The Morgan fingerprint density at radius 1 is 1.25 bits per heavy atom. The van der Waals surface area contributed by atoms with E-state index < -0.39 is 0 Å². The fourth-order valence-corrected chi connectivity index (χ4v) is 1.64. The van der Waals surface area contributed by atoms with Crippen molar-refractivity contribution in [2.45, 2.75) is 13.5 Å². The van der Waals surface area contributed by atoms with E-state index in [1.54, 1.807) is 12.1 Å². The number of aliphatic hydroxyl groups is 1. The minimum atomic E-state index is -0.318. The minimum Gasteiger partial charge on any atom is -0.506 e. The first-order valence-electron chi connectivity index (χ1n) is 4.99. The molecule has 0 radical (unpaired) electrons. The fraction of sp³-hybridized carbons (Fsp3) is 0.250. The highest BCUT2D eigenvalue weighted by Crippen LogP contribution is 2.26. The minimum absolute atomic E-state index is 0.159. The van der Waals surface area contributed by atoms with Crippen LogP contribution in [0.2, 0.25) is 0 Å². The van der Waals surface area contributed by atoms with E-state index in [-0.39, 0.29) is 12.5 Å². The number of ether oxygens (including phenoxy) is 1. The van der Waals surface area contributed by atoms with Crippen LogP contribution >= 0.6 is 0 Å². The van der Waals surface area contributed by atoms with E-state index in [4.69, 9.17) is 9.84 Å². The first-order valence-corrected chi connectivity index (χ1v) is 4.99. The van der Waals surface area contributed by atoms with Crippen molar-refractivity contribution < 1.29 is 14.9 Å². The first-order chi connectivity index (χ1) is 7.72. The van der Waals surface area contributed by atoms with E-state index in [1.165, 1.54) is 0 Å². The van der Waals surface area contributed by atoms with Gasteiger partial charge in [-0.3, -0.25) is 0 Å². The Kier molecular flexibility index (Phi) is 3.03. The second-order valence-corrected chi connectivity index (χ2v) is 3.57. The van der Waals surface area contributed by atoms with Gasteiger partial charge in [0.1, 0.15) is 18.1 Å². The van der Waals surface area contributed by atoms with E-state index in [9.17, 15) is 5.11 Å². The second kappa shape index (κ2) is 4.47. The van der Waals surface area contributed by atoms with E-state index >= 15 is 0 Å². The van der Waals surface area contributed by atoms with Gasteiger partial charge in [-0.15, -0.1) is 0 Å². The number of pyridine rings is 1. The van der Waals surface area contributed by atoms with Crippen molar-refractivity contribution in [3.63, 3.8) is 0 Å². The molecule has 2 rings (SSSR count). The van der Waals surface area contributed by atoms with Crippen LogP contribution in [0.25, 0.3) is 10.9 Å². The number of phenolic OH excluding ortho intramolecular Hbond substituents is 1. The monoisotopic (exact) mass is 219 g/mol. The molecule has 0 spiro atoms. The predicted octanol–water partition coefficient (Wildman–Crippen LogP) is 1.72. The lowest BCUT2D eigenvalue weighted by molar-refractivity contribution is -0.0108. The van der Waals surface area contributed by atoms with Gasteiger partial charge in [0.2, 0.25) is 0 Å². The molecule has 0 aliphatic heterocycles. The van der Waals surface area contributed by atoms with Gasteiger partial charge in [0.25, 0.3) is 0 Å². The predicted molar refractivity (Wildman–Crippen MR) is 60.0 cm³/mol. The Morgan fingerprint density at radius 2 is 2.06 bits per heavy atom. The number of aryl methyl sites for hydroxylation is 1. The summed E-state index contributed by atoms with van der Waals surface area (Å²) in [6.45, 7) is 1.86. The number of benzene rings is 1. The smallest absolute Gasteiger partial charge is 0.144 e. The van der Waals surface area contributed by atoms with Crippen LogP contribution in [0.15, 0.2) is 24.3 Å². The molecule has 1 aromatic carbocycles. The molecule has 0 fully saturated rings. The zero-order chi connectivity index (χ0) is 11.5. The van der Waals surface area contributed by atoms with Gasteiger partial charge in [-0.2, -0.15) is 0 Å². The molecule has 0 amide bonds. The summed E-state index contributed by atoms with van der Waals surface area (Å²) in [5, 5.41) is 19.2. The number of fused-ring (bicyclic) bond motifs is 1. The van der Waals surface area contributed by atoms with Crippen LogP contribution in [0, 0.1) is 6.92 Å². The topological polar surface area (TPSA) is 62.6 Å². The average molecular weight is 219 g/mol. The molecule has 0 bridgehead atoms. The Labute approximate surface area is 93.1 Å². The molecule has 1 heterocycles. The van der Waals surface area contributed by atoms with Gasteiger partial charge in [-0.05, 0) is 24.6 Å². The zero-order valence-electron chi connectivity index (χ0n) is 8.97. The normalized spacial score (nSPS) is 10.9. The van der Waals surface area contributed by atoms with Gasteiger partial charge >= 0.3 is 0 Å². The van der Waals surface area contributed by atoms with Gasteiger partial charge in [0.15, 0.2) is 0 Å². The van der Waals surface area contributed by atoms with Crippen molar-refractivity contribution in [2.75, 3.05) is 6.79 Å². The van der Waals surface area contributed by atoms with Crippen LogP contribution in [-0.4, -0.2) is 22.0 Å². The van der Waals surface area contributed by atoms with Crippen LogP contribution in [0.1, 0.15) is 11.3 Å². The van der Waals surface area contributed by atoms with E-state index in [0.29, 0.717) is 12.1 Å². The Bertz CT molecular complexity index is 511. The highest BCUT2D eigenvalue weighted by atomic mass is 16.6. The quantitative estimate of drug-likeness (QED) is 0.771. The summed E-state index contributed by atoms with van der Waals surface area (Å²) < 4.78 is 4.94. The van der Waals surface area contributed by atoms with Gasteiger partial charge < -0.3 is 14.9 Å². The van der Waals surface area contributed by atoms with Crippen molar-refractivity contribution in [2.24, 2.45) is 0 Å². The largest absolute Gasteiger partial charge is 0.506 e. The summed E-state index contributed by atoms with van der Waals surface area (Å²) in [5.41, 5.74) is 2.32. The maximum atomic E-state index is 9.69. The first kappa shape index (κ1) is 10.9. The number of aromatic nitrogens is 1. The van der Waals surface area contributed by atoms with Crippen LogP contribution in [-0.2, 0) is 11.3 Å².